The van der Waals surface area contributed by atoms with E-state index in [1.807, 2.05) is 18.2 Å². The molecule has 0 amide bonds. The molecule has 0 aliphatic carbocycles. The Labute approximate surface area is 120 Å². The summed E-state index contributed by atoms with van der Waals surface area (Å²) in [6.45, 7) is 2.07. The number of nitrogens with zero attached hydrogens (tertiary/aromatic N) is 2. The van der Waals surface area contributed by atoms with Crippen molar-refractivity contribution in [2.24, 2.45) is 0 Å². The lowest BCUT2D eigenvalue weighted by atomic mass is 10.1. The summed E-state index contributed by atoms with van der Waals surface area (Å²) in [5.41, 5.74) is 9.21. The zero-order chi connectivity index (χ0) is 15.0. The molecule has 0 fully saturated rings. The minimum absolute atomic E-state index is 0.0550. The van der Waals surface area contributed by atoms with Crippen LogP contribution in [0.5, 0.6) is 0 Å². The second-order valence-electron chi connectivity index (χ2n) is 4.70. The average molecular weight is 283 g/mol. The van der Waals surface area contributed by atoms with Crippen molar-refractivity contribution in [3.63, 3.8) is 0 Å². The summed E-state index contributed by atoms with van der Waals surface area (Å²) >= 11 is 0. The van der Waals surface area contributed by atoms with Gasteiger partial charge in [-0.25, -0.2) is 4.98 Å². The Morgan fingerprint density at radius 2 is 2.10 bits per heavy atom. The Kier molecular flexibility index (Phi) is 3.06. The van der Waals surface area contributed by atoms with E-state index in [9.17, 15) is 10.1 Å². The number of oxazole rings is 1. The Hall–Kier alpha value is -2.89. The molecule has 0 aliphatic rings. The molecule has 0 spiro atoms. The summed E-state index contributed by atoms with van der Waals surface area (Å²) in [7, 11) is 0. The van der Waals surface area contributed by atoms with E-state index in [-0.39, 0.29) is 11.4 Å². The van der Waals surface area contributed by atoms with Gasteiger partial charge in [-0.3, -0.25) is 10.1 Å². The Balaban J connectivity index is 2.09. The lowest BCUT2D eigenvalue weighted by Gasteiger charge is -2.00. The summed E-state index contributed by atoms with van der Waals surface area (Å²) < 4.78 is 5.67. The minimum Gasteiger partial charge on any atom is -0.436 e. The third-order valence-electron chi connectivity index (χ3n) is 3.34. The maximum absolute atomic E-state index is 10.7. The molecule has 6 nitrogen and oxygen atoms in total. The molecule has 21 heavy (non-hydrogen) atoms. The van der Waals surface area contributed by atoms with Gasteiger partial charge >= 0.3 is 0 Å². The van der Waals surface area contributed by atoms with Gasteiger partial charge in [0, 0.05) is 12.1 Å². The second kappa shape index (κ2) is 4.90. The number of nitro benzene ring substituents is 1. The van der Waals surface area contributed by atoms with Crippen molar-refractivity contribution in [1.82, 2.24) is 4.98 Å². The summed E-state index contributed by atoms with van der Waals surface area (Å²) in [6, 6.07) is 10.1. The summed E-state index contributed by atoms with van der Waals surface area (Å²) in [5.74, 6) is 0.366. The number of benzene rings is 2. The topological polar surface area (TPSA) is 95.2 Å². The molecule has 1 heterocycles. The number of rotatable bonds is 3. The van der Waals surface area contributed by atoms with Gasteiger partial charge in [-0.1, -0.05) is 13.0 Å². The standard InChI is InChI=1S/C15H13N3O3/c1-2-9-3-6-14-13(7-9)17-15(21-14)11-5-4-10(18(19)20)8-12(11)16/h3-8H,2,16H2,1H3. The highest BCUT2D eigenvalue weighted by atomic mass is 16.6. The summed E-state index contributed by atoms with van der Waals surface area (Å²) in [6.07, 6.45) is 0.914. The predicted molar refractivity (Wildman–Crippen MR) is 79.9 cm³/mol. The summed E-state index contributed by atoms with van der Waals surface area (Å²) in [4.78, 5) is 14.6. The molecule has 3 aromatic rings. The van der Waals surface area contributed by atoms with Crippen LogP contribution >= 0.6 is 0 Å². The lowest BCUT2D eigenvalue weighted by molar-refractivity contribution is -0.384. The van der Waals surface area contributed by atoms with Gasteiger partial charge in [0.15, 0.2) is 5.58 Å². The molecule has 0 atom stereocenters. The van der Waals surface area contributed by atoms with Crippen molar-refractivity contribution in [1.29, 1.82) is 0 Å². The quantitative estimate of drug-likeness (QED) is 0.450. The largest absolute Gasteiger partial charge is 0.436 e. The lowest BCUT2D eigenvalue weighted by Crippen LogP contribution is -1.94. The van der Waals surface area contributed by atoms with E-state index in [1.54, 1.807) is 6.07 Å². The number of anilines is 1. The van der Waals surface area contributed by atoms with Gasteiger partial charge < -0.3 is 10.2 Å². The number of nitrogen functional groups attached to an aromatic ring is 1. The SMILES string of the molecule is CCc1ccc2oc(-c3ccc([N+](=O)[O-])cc3N)nc2c1. The first-order valence-corrected chi connectivity index (χ1v) is 6.52. The Morgan fingerprint density at radius 1 is 1.29 bits per heavy atom. The third-order valence-corrected chi connectivity index (χ3v) is 3.34. The maximum Gasteiger partial charge on any atom is 0.271 e. The van der Waals surface area contributed by atoms with Gasteiger partial charge in [-0.15, -0.1) is 0 Å². The van der Waals surface area contributed by atoms with Crippen LogP contribution in [0.3, 0.4) is 0 Å². The predicted octanol–water partition coefficient (Wildman–Crippen LogP) is 3.55. The molecule has 0 radical (unpaired) electrons. The number of fused-ring (bicyclic) bond motifs is 1. The van der Waals surface area contributed by atoms with Crippen LogP contribution in [0.2, 0.25) is 0 Å². The van der Waals surface area contributed by atoms with E-state index in [2.05, 4.69) is 11.9 Å². The highest BCUT2D eigenvalue weighted by Crippen LogP contribution is 2.31. The highest BCUT2D eigenvalue weighted by molar-refractivity contribution is 5.80. The van der Waals surface area contributed by atoms with E-state index in [1.165, 1.54) is 17.7 Å². The summed E-state index contributed by atoms with van der Waals surface area (Å²) in [5, 5.41) is 10.7. The molecule has 0 saturated heterocycles. The van der Waals surface area contributed by atoms with Crippen molar-refractivity contribution in [3.05, 3.63) is 52.1 Å². The number of aromatic nitrogens is 1. The van der Waals surface area contributed by atoms with Gasteiger partial charge in [0.1, 0.15) is 5.52 Å². The normalized spacial score (nSPS) is 10.9. The van der Waals surface area contributed by atoms with Crippen LogP contribution < -0.4 is 5.73 Å². The van der Waals surface area contributed by atoms with Crippen molar-refractivity contribution in [3.8, 4) is 11.5 Å². The zero-order valence-electron chi connectivity index (χ0n) is 11.4. The van der Waals surface area contributed by atoms with Gasteiger partial charge in [-0.05, 0) is 30.2 Å². The monoisotopic (exact) mass is 283 g/mol. The number of hydrogen-bond donors (Lipinski definition) is 1. The van der Waals surface area contributed by atoms with Crippen LogP contribution in [0, 0.1) is 10.1 Å². The number of non-ortho nitro benzene ring substituents is 1. The first kappa shape index (κ1) is 13.1. The van der Waals surface area contributed by atoms with Crippen molar-refractivity contribution in [2.75, 3.05) is 5.73 Å². The fourth-order valence-corrected chi connectivity index (χ4v) is 2.17. The number of hydrogen-bond acceptors (Lipinski definition) is 5. The maximum atomic E-state index is 10.7. The highest BCUT2D eigenvalue weighted by Gasteiger charge is 2.14. The average Bonchev–Trinajstić information content (AvgIpc) is 2.89. The molecule has 0 unspecified atom stereocenters. The molecule has 2 aromatic carbocycles. The van der Waals surface area contributed by atoms with Crippen molar-refractivity contribution < 1.29 is 9.34 Å². The van der Waals surface area contributed by atoms with E-state index >= 15 is 0 Å². The first-order chi connectivity index (χ1) is 10.1. The zero-order valence-corrected chi connectivity index (χ0v) is 11.4. The van der Waals surface area contributed by atoms with E-state index in [0.29, 0.717) is 17.0 Å². The second-order valence-corrected chi connectivity index (χ2v) is 4.70. The fraction of sp³-hybridized carbons (Fsp3) is 0.133. The van der Waals surface area contributed by atoms with E-state index in [0.717, 1.165) is 11.9 Å². The van der Waals surface area contributed by atoms with E-state index < -0.39 is 4.92 Å². The van der Waals surface area contributed by atoms with Gasteiger partial charge in [0.05, 0.1) is 16.2 Å². The number of aryl methyl sites for hydroxylation is 1. The van der Waals surface area contributed by atoms with Crippen molar-refractivity contribution in [2.45, 2.75) is 13.3 Å². The Bertz CT molecular complexity index is 839. The third kappa shape index (κ3) is 2.31. The van der Waals surface area contributed by atoms with Crippen LogP contribution in [-0.4, -0.2) is 9.91 Å². The van der Waals surface area contributed by atoms with Crippen molar-refractivity contribution >= 4 is 22.5 Å². The number of nitrogens with two attached hydrogens (primary N) is 1. The molecule has 0 saturated carbocycles. The first-order valence-electron chi connectivity index (χ1n) is 6.52. The molecule has 2 N–H and O–H groups in total. The fourth-order valence-electron chi connectivity index (χ4n) is 2.17. The molecule has 1 aromatic heterocycles. The van der Waals surface area contributed by atoms with Gasteiger partial charge in [0.25, 0.3) is 5.69 Å². The smallest absolute Gasteiger partial charge is 0.271 e. The molecule has 0 aliphatic heterocycles. The molecule has 106 valence electrons. The van der Waals surface area contributed by atoms with Crippen LogP contribution in [0.4, 0.5) is 11.4 Å². The van der Waals surface area contributed by atoms with Crippen LogP contribution in [-0.2, 0) is 6.42 Å². The van der Waals surface area contributed by atoms with Crippen LogP contribution in [0.15, 0.2) is 40.8 Å². The van der Waals surface area contributed by atoms with E-state index in [4.69, 9.17) is 10.2 Å². The number of nitro groups is 1. The molecular formula is C15H13N3O3. The van der Waals surface area contributed by atoms with Crippen LogP contribution in [0.1, 0.15) is 12.5 Å². The molecule has 0 bridgehead atoms. The molecule has 3 rings (SSSR count). The Morgan fingerprint density at radius 3 is 2.76 bits per heavy atom. The minimum atomic E-state index is -0.486. The van der Waals surface area contributed by atoms with Gasteiger partial charge in [-0.2, -0.15) is 0 Å². The molecular weight excluding hydrogens is 270 g/mol. The van der Waals surface area contributed by atoms with Crippen LogP contribution in [0.25, 0.3) is 22.6 Å². The molecule has 6 heteroatoms. The van der Waals surface area contributed by atoms with Gasteiger partial charge in [0.2, 0.25) is 5.89 Å².